The largest absolute Gasteiger partial charge is 0.312 e. The first kappa shape index (κ1) is 31.2. The quantitative estimate of drug-likeness (QED) is 0.422. The second-order valence-corrected chi connectivity index (χ2v) is 24.1. The average molecular weight is 506 g/mol. The van der Waals surface area contributed by atoms with Gasteiger partial charge in [-0.3, -0.25) is 4.90 Å². The van der Waals surface area contributed by atoms with E-state index in [1.807, 2.05) is 0 Å². The number of rotatable bonds is 4. The van der Waals surface area contributed by atoms with Gasteiger partial charge >= 0.3 is 0 Å². The molecular weight excluding hydrogens is 455 g/mol. The molecule has 2 fully saturated rings. The lowest BCUT2D eigenvalue weighted by atomic mass is 10.0. The van der Waals surface area contributed by atoms with Crippen LogP contribution in [0.4, 0.5) is 0 Å². The standard InChI is InChI=1S/C16H27NSi.C9H21NSi.2ClH/c1-16(2)11-15(18(3,4)5)13-17(16)12-14-9-7-6-8-10-14;1-9(2)6-8(7-10-9)11(3,4)5;;/h6-10,15H,11-13H2,1-5H3;8,10H,6-7H2,1-5H3;2*1H. The molecule has 0 aromatic heterocycles. The van der Waals surface area contributed by atoms with Gasteiger partial charge in [0.05, 0.1) is 0 Å². The van der Waals surface area contributed by atoms with Gasteiger partial charge in [0, 0.05) is 33.8 Å². The smallest absolute Gasteiger partial charge is 0.0488 e. The summed E-state index contributed by atoms with van der Waals surface area (Å²) in [7, 11) is -1.89. The second-order valence-electron chi connectivity index (χ2n) is 13.0. The minimum absolute atomic E-state index is 0. The number of benzene rings is 1. The minimum atomic E-state index is -1.01. The number of nitrogens with one attached hydrogen (secondary N) is 1. The van der Waals surface area contributed by atoms with Gasteiger partial charge in [-0.1, -0.05) is 69.6 Å². The topological polar surface area (TPSA) is 15.3 Å². The summed E-state index contributed by atoms with van der Waals surface area (Å²) in [6.45, 7) is 28.1. The zero-order valence-electron chi connectivity index (χ0n) is 21.8. The summed E-state index contributed by atoms with van der Waals surface area (Å²) < 4.78 is 0. The molecule has 2 aliphatic rings. The van der Waals surface area contributed by atoms with Gasteiger partial charge in [-0.15, -0.1) is 24.8 Å². The Balaban J connectivity index is 0.000000603. The molecule has 2 atom stereocenters. The van der Waals surface area contributed by atoms with Crippen molar-refractivity contribution in [2.24, 2.45) is 0 Å². The van der Waals surface area contributed by atoms with Crippen LogP contribution in [0.2, 0.25) is 50.4 Å². The number of hydrogen-bond acceptors (Lipinski definition) is 2. The Kier molecular flexibility index (Phi) is 11.6. The van der Waals surface area contributed by atoms with E-state index < -0.39 is 16.1 Å². The second kappa shape index (κ2) is 11.5. The molecule has 2 unspecified atom stereocenters. The Morgan fingerprint density at radius 3 is 1.71 bits per heavy atom. The summed E-state index contributed by atoms with van der Waals surface area (Å²) in [5, 5.41) is 3.59. The monoisotopic (exact) mass is 504 g/mol. The molecule has 2 saturated heterocycles. The molecule has 2 nitrogen and oxygen atoms in total. The molecule has 3 rings (SSSR count). The van der Waals surface area contributed by atoms with Crippen LogP contribution in [0.1, 0.15) is 46.1 Å². The summed E-state index contributed by atoms with van der Waals surface area (Å²) in [5.74, 6) is 0. The van der Waals surface area contributed by atoms with Gasteiger partial charge < -0.3 is 5.32 Å². The Morgan fingerprint density at radius 1 is 0.839 bits per heavy atom. The van der Waals surface area contributed by atoms with E-state index in [0.29, 0.717) is 11.1 Å². The molecule has 2 heterocycles. The third-order valence-electron chi connectivity index (χ3n) is 7.29. The maximum atomic E-state index is 3.59. The van der Waals surface area contributed by atoms with E-state index in [2.05, 4.69) is 108 Å². The Hall–Kier alpha value is 0.154. The first-order valence-corrected chi connectivity index (χ1v) is 18.8. The van der Waals surface area contributed by atoms with Crippen LogP contribution in [0.5, 0.6) is 0 Å². The summed E-state index contributed by atoms with van der Waals surface area (Å²) in [6, 6.07) is 10.9. The summed E-state index contributed by atoms with van der Waals surface area (Å²) in [4.78, 5) is 2.69. The highest BCUT2D eigenvalue weighted by molar-refractivity contribution is 6.78. The number of halogens is 2. The molecule has 2 aliphatic heterocycles. The molecule has 182 valence electrons. The van der Waals surface area contributed by atoms with Gasteiger partial charge in [0.1, 0.15) is 0 Å². The van der Waals surface area contributed by atoms with Crippen molar-refractivity contribution in [1.29, 1.82) is 0 Å². The van der Waals surface area contributed by atoms with Crippen LogP contribution >= 0.6 is 24.8 Å². The molecule has 0 radical (unpaired) electrons. The Labute approximate surface area is 208 Å². The molecule has 0 amide bonds. The Bertz CT molecular complexity index is 652. The number of hydrogen-bond donors (Lipinski definition) is 1. The van der Waals surface area contributed by atoms with Gasteiger partial charge in [0.2, 0.25) is 0 Å². The summed E-state index contributed by atoms with van der Waals surface area (Å²) in [6.07, 6.45) is 2.75. The first-order chi connectivity index (χ1) is 13.1. The zero-order chi connectivity index (χ0) is 22.1. The first-order valence-electron chi connectivity index (χ1n) is 11.6. The van der Waals surface area contributed by atoms with Crippen molar-refractivity contribution in [3.63, 3.8) is 0 Å². The molecular formula is C25H50Cl2N2Si2. The van der Waals surface area contributed by atoms with Crippen molar-refractivity contribution in [3.05, 3.63) is 35.9 Å². The molecule has 0 spiro atoms. The van der Waals surface area contributed by atoms with E-state index in [1.165, 1.54) is 31.5 Å². The van der Waals surface area contributed by atoms with E-state index in [-0.39, 0.29) is 24.8 Å². The van der Waals surface area contributed by atoms with Crippen LogP contribution in [0.3, 0.4) is 0 Å². The van der Waals surface area contributed by atoms with E-state index in [4.69, 9.17) is 0 Å². The van der Waals surface area contributed by atoms with E-state index >= 15 is 0 Å². The van der Waals surface area contributed by atoms with Gasteiger partial charge in [-0.25, -0.2) is 0 Å². The lowest BCUT2D eigenvalue weighted by Crippen LogP contribution is -2.37. The lowest BCUT2D eigenvalue weighted by molar-refractivity contribution is 0.166. The van der Waals surface area contributed by atoms with E-state index in [1.54, 1.807) is 0 Å². The predicted octanol–water partition coefficient (Wildman–Crippen LogP) is 7.69. The third-order valence-corrected chi connectivity index (χ3v) is 13.0. The average Bonchev–Trinajstić information content (AvgIpc) is 3.08. The molecule has 0 saturated carbocycles. The minimum Gasteiger partial charge on any atom is -0.312 e. The van der Waals surface area contributed by atoms with Crippen LogP contribution in [0, 0.1) is 0 Å². The number of nitrogens with zero attached hydrogens (tertiary/aromatic N) is 1. The van der Waals surface area contributed by atoms with Crippen molar-refractivity contribution in [2.45, 2.75) is 109 Å². The van der Waals surface area contributed by atoms with Crippen LogP contribution in [-0.2, 0) is 6.54 Å². The van der Waals surface area contributed by atoms with Crippen LogP contribution < -0.4 is 5.32 Å². The van der Waals surface area contributed by atoms with Gasteiger partial charge in [0.15, 0.2) is 0 Å². The van der Waals surface area contributed by atoms with Crippen molar-refractivity contribution in [3.8, 4) is 0 Å². The van der Waals surface area contributed by atoms with Crippen LogP contribution in [-0.4, -0.2) is 45.2 Å². The highest BCUT2D eigenvalue weighted by Crippen LogP contribution is 2.42. The molecule has 1 aromatic rings. The van der Waals surface area contributed by atoms with Gasteiger partial charge in [0.25, 0.3) is 0 Å². The van der Waals surface area contributed by atoms with Crippen molar-refractivity contribution >= 4 is 41.0 Å². The maximum absolute atomic E-state index is 3.59. The molecule has 6 heteroatoms. The van der Waals surface area contributed by atoms with Gasteiger partial charge in [-0.05, 0) is 70.3 Å². The van der Waals surface area contributed by atoms with Crippen molar-refractivity contribution in [1.82, 2.24) is 10.2 Å². The maximum Gasteiger partial charge on any atom is 0.0488 e. The SMILES string of the molecule is CC1(C)CC([Si](C)(C)C)CN1.CC1(C)CC([Si](C)(C)C)CN1Cc1ccccc1.Cl.Cl. The normalized spacial score (nSPS) is 25.1. The van der Waals surface area contributed by atoms with E-state index in [0.717, 1.165) is 17.6 Å². The fourth-order valence-electron chi connectivity index (χ4n) is 4.74. The fourth-order valence-corrected chi connectivity index (χ4v) is 8.46. The summed E-state index contributed by atoms with van der Waals surface area (Å²) >= 11 is 0. The predicted molar refractivity (Wildman–Crippen MR) is 151 cm³/mol. The Morgan fingerprint density at radius 2 is 1.35 bits per heavy atom. The van der Waals surface area contributed by atoms with Gasteiger partial charge in [-0.2, -0.15) is 0 Å². The van der Waals surface area contributed by atoms with E-state index in [9.17, 15) is 0 Å². The highest BCUT2D eigenvalue weighted by Gasteiger charge is 2.43. The zero-order valence-corrected chi connectivity index (χ0v) is 25.5. The fraction of sp³-hybridized carbons (Fsp3) is 0.760. The highest BCUT2D eigenvalue weighted by atomic mass is 35.5. The molecule has 1 N–H and O–H groups in total. The molecule has 0 aliphatic carbocycles. The van der Waals surface area contributed by atoms with Crippen molar-refractivity contribution < 1.29 is 0 Å². The van der Waals surface area contributed by atoms with Crippen LogP contribution in [0.25, 0.3) is 0 Å². The van der Waals surface area contributed by atoms with Crippen LogP contribution in [0.15, 0.2) is 30.3 Å². The third kappa shape index (κ3) is 9.50. The summed E-state index contributed by atoms with van der Waals surface area (Å²) in [5.41, 5.74) is 4.14. The van der Waals surface area contributed by atoms with Crippen molar-refractivity contribution in [2.75, 3.05) is 13.1 Å². The molecule has 31 heavy (non-hydrogen) atoms. The molecule has 1 aromatic carbocycles. The molecule has 0 bridgehead atoms. The number of likely N-dealkylation sites (tertiary alicyclic amines) is 1. The lowest BCUT2D eigenvalue weighted by Gasteiger charge is -2.31.